The first-order valence-corrected chi connectivity index (χ1v) is 11.0. The highest BCUT2D eigenvalue weighted by Gasteiger charge is 2.16. The molecule has 0 aliphatic rings. The first-order chi connectivity index (χ1) is 16.8. The Morgan fingerprint density at radius 2 is 1.91 bits per heavy atom. The molecule has 4 aromatic rings. The number of halogens is 2. The summed E-state index contributed by atoms with van der Waals surface area (Å²) in [6.07, 6.45) is 1.55. The van der Waals surface area contributed by atoms with Gasteiger partial charge in [0.1, 0.15) is 17.2 Å². The molecule has 0 unspecified atom stereocenters. The smallest absolute Gasteiger partial charge is 0.276 e. The quantitative estimate of drug-likeness (QED) is 0.213. The molecule has 0 saturated heterocycles. The number of ether oxygens (including phenoxy) is 2. The number of carbonyl (C=O) groups excluding carboxylic acids is 1. The second-order valence-electron chi connectivity index (χ2n) is 7.43. The van der Waals surface area contributed by atoms with Gasteiger partial charge in [0.2, 0.25) is 0 Å². The second kappa shape index (κ2) is 10.5. The fourth-order valence-corrected chi connectivity index (χ4v) is 3.58. The standard InChI is InChI=1S/C24H18Cl2N4O5/c1-15-3-2-4-19(9-15)35-20-12-17(11-18(13-20)30(32)33)27-24(31)22-7-8-29(28-22)14-34-23-6-5-16(25)10-21(23)26/h2-13H,14H2,1H3,(H,27,31). The van der Waals surface area contributed by atoms with Gasteiger partial charge in [0.25, 0.3) is 11.6 Å². The molecular formula is C24H18Cl2N4O5. The Hall–Kier alpha value is -4.08. The zero-order chi connectivity index (χ0) is 24.9. The van der Waals surface area contributed by atoms with Crippen molar-refractivity contribution in [2.24, 2.45) is 0 Å². The maximum atomic E-state index is 12.7. The van der Waals surface area contributed by atoms with Crippen molar-refractivity contribution in [3.8, 4) is 17.2 Å². The average Bonchev–Trinajstić information content (AvgIpc) is 3.27. The van der Waals surface area contributed by atoms with Gasteiger partial charge in [-0.05, 0) is 48.9 Å². The molecule has 0 spiro atoms. The number of aromatic nitrogens is 2. The Kier molecular flexibility index (Phi) is 7.19. The van der Waals surface area contributed by atoms with Gasteiger partial charge in [-0.1, -0.05) is 35.3 Å². The highest BCUT2D eigenvalue weighted by atomic mass is 35.5. The largest absolute Gasteiger partial charge is 0.470 e. The van der Waals surface area contributed by atoms with E-state index in [2.05, 4.69) is 10.4 Å². The second-order valence-corrected chi connectivity index (χ2v) is 8.28. The van der Waals surface area contributed by atoms with Crippen LogP contribution in [0.15, 0.2) is 72.9 Å². The number of amides is 1. The first kappa shape index (κ1) is 24.1. The number of anilines is 1. The van der Waals surface area contributed by atoms with Crippen LogP contribution in [0, 0.1) is 17.0 Å². The van der Waals surface area contributed by atoms with E-state index in [4.69, 9.17) is 32.7 Å². The lowest BCUT2D eigenvalue weighted by atomic mass is 10.2. The van der Waals surface area contributed by atoms with E-state index in [0.29, 0.717) is 21.5 Å². The molecule has 178 valence electrons. The zero-order valence-electron chi connectivity index (χ0n) is 18.3. The minimum absolute atomic E-state index is 0.0000777. The molecule has 0 bridgehead atoms. The van der Waals surface area contributed by atoms with Crippen LogP contribution >= 0.6 is 23.2 Å². The molecule has 11 heteroatoms. The summed E-state index contributed by atoms with van der Waals surface area (Å²) in [5.41, 5.74) is 1.01. The normalized spacial score (nSPS) is 10.6. The molecule has 3 aromatic carbocycles. The van der Waals surface area contributed by atoms with Gasteiger partial charge >= 0.3 is 0 Å². The molecular weight excluding hydrogens is 495 g/mol. The molecule has 1 heterocycles. The van der Waals surface area contributed by atoms with E-state index in [0.717, 1.165) is 5.56 Å². The molecule has 0 atom stereocenters. The van der Waals surface area contributed by atoms with Gasteiger partial charge in [0.15, 0.2) is 12.4 Å². The number of non-ortho nitro benzene ring substituents is 1. The number of hydrogen-bond donors (Lipinski definition) is 1. The van der Waals surface area contributed by atoms with Crippen molar-refractivity contribution in [1.82, 2.24) is 9.78 Å². The molecule has 9 nitrogen and oxygen atoms in total. The fraction of sp³-hybridized carbons (Fsp3) is 0.0833. The van der Waals surface area contributed by atoms with Crippen LogP contribution < -0.4 is 14.8 Å². The van der Waals surface area contributed by atoms with E-state index in [9.17, 15) is 14.9 Å². The summed E-state index contributed by atoms with van der Waals surface area (Å²) in [5.74, 6) is 0.576. The topological polar surface area (TPSA) is 109 Å². The number of aryl methyl sites for hydroxylation is 1. The third-order valence-corrected chi connectivity index (χ3v) is 5.24. The highest BCUT2D eigenvalue weighted by Crippen LogP contribution is 2.30. The predicted octanol–water partition coefficient (Wildman–Crippen LogP) is 6.49. The number of hydrogen-bond acceptors (Lipinski definition) is 6. The van der Waals surface area contributed by atoms with Crippen LogP contribution in [-0.2, 0) is 6.73 Å². The van der Waals surface area contributed by atoms with Crippen molar-refractivity contribution >= 4 is 40.5 Å². The van der Waals surface area contributed by atoms with Crippen LogP contribution in [0.4, 0.5) is 11.4 Å². The Morgan fingerprint density at radius 1 is 1.09 bits per heavy atom. The maximum Gasteiger partial charge on any atom is 0.276 e. The van der Waals surface area contributed by atoms with Gasteiger partial charge in [-0.3, -0.25) is 14.9 Å². The van der Waals surface area contributed by atoms with Crippen LogP contribution in [0.3, 0.4) is 0 Å². The minimum Gasteiger partial charge on any atom is -0.470 e. The first-order valence-electron chi connectivity index (χ1n) is 10.2. The van der Waals surface area contributed by atoms with Crippen LogP contribution in [0.2, 0.25) is 10.0 Å². The summed E-state index contributed by atoms with van der Waals surface area (Å²) >= 11 is 12.0. The van der Waals surface area contributed by atoms with Crippen molar-refractivity contribution in [3.63, 3.8) is 0 Å². The Morgan fingerprint density at radius 3 is 2.66 bits per heavy atom. The van der Waals surface area contributed by atoms with E-state index in [-0.39, 0.29) is 29.5 Å². The molecule has 4 rings (SSSR count). The van der Waals surface area contributed by atoms with Crippen LogP contribution in [0.25, 0.3) is 0 Å². The third kappa shape index (κ3) is 6.28. The zero-order valence-corrected chi connectivity index (χ0v) is 19.8. The molecule has 0 radical (unpaired) electrons. The van der Waals surface area contributed by atoms with E-state index in [1.165, 1.54) is 28.9 Å². The molecule has 1 N–H and O–H groups in total. The molecule has 35 heavy (non-hydrogen) atoms. The van der Waals surface area contributed by atoms with Crippen LogP contribution in [0.5, 0.6) is 17.2 Å². The number of benzene rings is 3. The maximum absolute atomic E-state index is 12.7. The van der Waals surface area contributed by atoms with E-state index >= 15 is 0 Å². The number of nitro groups is 1. The number of rotatable bonds is 8. The van der Waals surface area contributed by atoms with E-state index in [1.807, 2.05) is 19.1 Å². The van der Waals surface area contributed by atoms with Crippen molar-refractivity contribution < 1.29 is 19.2 Å². The van der Waals surface area contributed by atoms with E-state index in [1.54, 1.807) is 36.5 Å². The van der Waals surface area contributed by atoms with Gasteiger partial charge in [0, 0.05) is 23.4 Å². The highest BCUT2D eigenvalue weighted by molar-refractivity contribution is 6.35. The monoisotopic (exact) mass is 512 g/mol. The predicted molar refractivity (Wildman–Crippen MR) is 132 cm³/mol. The van der Waals surface area contributed by atoms with Crippen molar-refractivity contribution in [3.05, 3.63) is 104 Å². The average molecular weight is 513 g/mol. The van der Waals surface area contributed by atoms with Gasteiger partial charge < -0.3 is 14.8 Å². The molecule has 0 aliphatic carbocycles. The van der Waals surface area contributed by atoms with Crippen molar-refractivity contribution in [2.75, 3.05) is 5.32 Å². The molecule has 0 saturated carbocycles. The molecule has 1 amide bonds. The number of nitrogens with one attached hydrogen (secondary N) is 1. The number of carbonyl (C=O) groups is 1. The fourth-order valence-electron chi connectivity index (χ4n) is 3.11. The summed E-state index contributed by atoms with van der Waals surface area (Å²) in [4.78, 5) is 23.5. The summed E-state index contributed by atoms with van der Waals surface area (Å²) in [7, 11) is 0. The molecule has 0 aliphatic heterocycles. The molecule has 0 fully saturated rings. The van der Waals surface area contributed by atoms with Gasteiger partial charge in [-0.15, -0.1) is 0 Å². The van der Waals surface area contributed by atoms with Crippen molar-refractivity contribution in [1.29, 1.82) is 0 Å². The third-order valence-electron chi connectivity index (χ3n) is 4.70. The SMILES string of the molecule is Cc1cccc(Oc2cc(NC(=O)c3ccn(COc4ccc(Cl)cc4Cl)n3)cc([N+](=O)[O-])c2)c1. The van der Waals surface area contributed by atoms with Crippen LogP contribution in [0.1, 0.15) is 16.1 Å². The Balaban J connectivity index is 1.46. The Labute approximate surface area is 210 Å². The summed E-state index contributed by atoms with van der Waals surface area (Å²) < 4.78 is 12.8. The lowest BCUT2D eigenvalue weighted by molar-refractivity contribution is -0.384. The lowest BCUT2D eigenvalue weighted by Crippen LogP contribution is -2.14. The number of nitro benzene ring substituents is 1. The Bertz CT molecular complexity index is 1410. The molecule has 1 aromatic heterocycles. The number of nitrogens with zero attached hydrogens (tertiary/aromatic N) is 3. The lowest BCUT2D eigenvalue weighted by Gasteiger charge is -2.10. The summed E-state index contributed by atoms with van der Waals surface area (Å²) in [6.45, 7) is 1.90. The van der Waals surface area contributed by atoms with Gasteiger partial charge in [-0.2, -0.15) is 5.10 Å². The minimum atomic E-state index is -0.563. The van der Waals surface area contributed by atoms with Crippen molar-refractivity contribution in [2.45, 2.75) is 13.7 Å². The summed E-state index contributed by atoms with van der Waals surface area (Å²) in [6, 6.07) is 17.6. The van der Waals surface area contributed by atoms with E-state index < -0.39 is 10.8 Å². The summed E-state index contributed by atoms with van der Waals surface area (Å²) in [5, 5.41) is 19.0. The van der Waals surface area contributed by atoms with Crippen LogP contribution in [-0.4, -0.2) is 20.6 Å². The van der Waals surface area contributed by atoms with Gasteiger partial charge in [0.05, 0.1) is 21.7 Å². The van der Waals surface area contributed by atoms with Gasteiger partial charge in [-0.25, -0.2) is 4.68 Å².